The number of esters is 1. The first-order valence-electron chi connectivity index (χ1n) is 5.66. The van der Waals surface area contributed by atoms with Gasteiger partial charge in [0.25, 0.3) is 0 Å². The Morgan fingerprint density at radius 2 is 2.20 bits per heavy atom. The molecule has 0 aliphatic carbocycles. The zero-order chi connectivity index (χ0) is 14.7. The lowest BCUT2D eigenvalue weighted by molar-refractivity contribution is -0.153. The Kier molecular flexibility index (Phi) is 4.14. The fourth-order valence-electron chi connectivity index (χ4n) is 1.57. The maximum Gasteiger partial charge on any atom is 0.400 e. The highest BCUT2D eigenvalue weighted by atomic mass is 79.9. The smallest absolute Gasteiger partial charge is 0.400 e. The molecule has 0 fully saturated rings. The van der Waals surface area contributed by atoms with E-state index >= 15 is 0 Å². The Morgan fingerprint density at radius 1 is 1.45 bits per heavy atom. The van der Waals surface area contributed by atoms with Crippen LogP contribution in [0.4, 0.5) is 5.69 Å². The van der Waals surface area contributed by atoms with Crippen LogP contribution in [0.3, 0.4) is 0 Å². The second-order valence-corrected chi connectivity index (χ2v) is 4.65. The van der Waals surface area contributed by atoms with Crippen molar-refractivity contribution in [1.29, 1.82) is 0 Å². The third-order valence-corrected chi connectivity index (χ3v) is 2.90. The van der Waals surface area contributed by atoms with E-state index in [2.05, 4.69) is 35.9 Å². The molecule has 0 bridgehead atoms. The number of carbonyl (C=O) groups excluding carboxylic acids is 2. The summed E-state index contributed by atoms with van der Waals surface area (Å²) in [5.74, 6) is -2.45. The summed E-state index contributed by atoms with van der Waals surface area (Å²) in [4.78, 5) is 25.1. The molecule has 2 N–H and O–H groups in total. The largest absolute Gasteiger partial charge is 0.493 e. The van der Waals surface area contributed by atoms with Crippen LogP contribution in [-0.2, 0) is 14.3 Å². The molecule has 1 aromatic heterocycles. The van der Waals surface area contributed by atoms with Gasteiger partial charge in [0.2, 0.25) is 5.88 Å². The molecule has 0 saturated carbocycles. The zero-order valence-corrected chi connectivity index (χ0v) is 12.0. The van der Waals surface area contributed by atoms with E-state index in [9.17, 15) is 14.7 Å². The summed E-state index contributed by atoms with van der Waals surface area (Å²) in [5, 5.41) is 17.1. The van der Waals surface area contributed by atoms with Crippen molar-refractivity contribution in [1.82, 2.24) is 4.98 Å². The molecule has 0 spiro atoms. The predicted octanol–water partition coefficient (Wildman–Crippen LogP) is 2.81. The maximum absolute atomic E-state index is 11.3. The molecule has 1 heterocycles. The third-order valence-electron chi connectivity index (χ3n) is 2.40. The summed E-state index contributed by atoms with van der Waals surface area (Å²) in [6.07, 6.45) is 0. The molecular weight excluding hydrogens is 330 g/mol. The Labute approximate surface area is 121 Å². The van der Waals surface area contributed by atoms with Crippen molar-refractivity contribution in [3.8, 4) is 5.88 Å². The topological polar surface area (TPSA) is 104 Å². The van der Waals surface area contributed by atoms with Crippen LogP contribution in [0.5, 0.6) is 5.88 Å². The van der Waals surface area contributed by atoms with Gasteiger partial charge >= 0.3 is 11.9 Å². The molecule has 0 aliphatic heterocycles. The van der Waals surface area contributed by atoms with Crippen molar-refractivity contribution in [3.05, 3.63) is 22.7 Å². The molecular formula is C12H10BrN3O4. The number of aromatic nitrogens is 1. The lowest BCUT2D eigenvalue weighted by Crippen LogP contribution is -2.14. The monoisotopic (exact) mass is 339 g/mol. The van der Waals surface area contributed by atoms with Crippen molar-refractivity contribution in [2.24, 2.45) is 10.2 Å². The second-order valence-electron chi connectivity index (χ2n) is 3.74. The molecule has 0 radical (unpaired) electrons. The third kappa shape index (κ3) is 2.85. The van der Waals surface area contributed by atoms with Crippen LogP contribution in [0.25, 0.3) is 10.9 Å². The van der Waals surface area contributed by atoms with Gasteiger partial charge in [-0.1, -0.05) is 21.0 Å². The average molecular weight is 340 g/mol. The van der Waals surface area contributed by atoms with Crippen LogP contribution >= 0.6 is 15.9 Å². The Bertz CT molecular complexity index is 708. The van der Waals surface area contributed by atoms with E-state index in [0.29, 0.717) is 10.9 Å². The van der Waals surface area contributed by atoms with Crippen molar-refractivity contribution in [2.75, 3.05) is 6.61 Å². The minimum Gasteiger partial charge on any atom is -0.493 e. The molecule has 0 aliphatic rings. The molecule has 7 nitrogen and oxygen atoms in total. The van der Waals surface area contributed by atoms with Gasteiger partial charge in [0, 0.05) is 9.86 Å². The number of carbonyl (C=O) groups is 2. The Morgan fingerprint density at radius 3 is 2.90 bits per heavy atom. The molecule has 20 heavy (non-hydrogen) atoms. The van der Waals surface area contributed by atoms with Crippen molar-refractivity contribution < 1.29 is 19.4 Å². The van der Waals surface area contributed by atoms with Gasteiger partial charge in [0.1, 0.15) is 0 Å². The van der Waals surface area contributed by atoms with Gasteiger partial charge in [-0.05, 0) is 25.1 Å². The number of hydrogen-bond donors (Lipinski definition) is 2. The molecule has 104 valence electrons. The predicted molar refractivity (Wildman–Crippen MR) is 73.8 cm³/mol. The second kappa shape index (κ2) is 5.83. The van der Waals surface area contributed by atoms with Crippen LogP contribution in [0.2, 0.25) is 0 Å². The van der Waals surface area contributed by atoms with Crippen LogP contribution < -0.4 is 0 Å². The van der Waals surface area contributed by atoms with Crippen LogP contribution in [0.1, 0.15) is 6.92 Å². The number of azo groups is 1. The zero-order valence-electron chi connectivity index (χ0n) is 10.4. The van der Waals surface area contributed by atoms with Crippen molar-refractivity contribution >= 4 is 44.4 Å². The highest BCUT2D eigenvalue weighted by molar-refractivity contribution is 9.10. The van der Waals surface area contributed by atoms with E-state index in [4.69, 9.17) is 0 Å². The summed E-state index contributed by atoms with van der Waals surface area (Å²) in [5.41, 5.74) is 0.710. The van der Waals surface area contributed by atoms with Gasteiger partial charge in [0.05, 0.1) is 12.1 Å². The number of nitrogens with zero attached hydrogens (tertiary/aromatic N) is 2. The summed E-state index contributed by atoms with van der Waals surface area (Å²) in [6.45, 7) is 1.65. The summed E-state index contributed by atoms with van der Waals surface area (Å²) < 4.78 is 5.27. The quantitative estimate of drug-likeness (QED) is 0.498. The van der Waals surface area contributed by atoms with E-state index in [1.54, 1.807) is 25.1 Å². The molecule has 0 unspecified atom stereocenters. The summed E-state index contributed by atoms with van der Waals surface area (Å²) in [7, 11) is 0. The fraction of sp³-hybridized carbons (Fsp3) is 0.167. The first-order chi connectivity index (χ1) is 9.52. The highest BCUT2D eigenvalue weighted by Gasteiger charge is 2.16. The van der Waals surface area contributed by atoms with Gasteiger partial charge in [-0.2, -0.15) is 0 Å². The molecule has 2 rings (SSSR count). The lowest BCUT2D eigenvalue weighted by Gasteiger charge is -1.95. The van der Waals surface area contributed by atoms with Gasteiger partial charge in [-0.3, -0.25) is 4.79 Å². The van der Waals surface area contributed by atoms with Crippen LogP contribution in [0.15, 0.2) is 32.9 Å². The SMILES string of the molecule is CCOC(=O)C(=O)N=Nc1c(O)[nH]c2ccc(Br)cc12. The standard InChI is InChI=1S/C12H10BrN3O4/c1-2-20-12(19)11(18)16-15-9-7-5-6(13)3-4-8(7)14-10(9)17/h3-5,14,17H,2H2,1H3. The van der Waals surface area contributed by atoms with Crippen molar-refractivity contribution in [2.45, 2.75) is 6.92 Å². The number of aromatic hydroxyl groups is 1. The van der Waals surface area contributed by atoms with E-state index in [1.165, 1.54) is 0 Å². The Balaban J connectivity index is 2.34. The van der Waals surface area contributed by atoms with Gasteiger partial charge < -0.3 is 14.8 Å². The minimum absolute atomic E-state index is 0.0748. The number of rotatable bonds is 2. The number of hydrogen-bond acceptors (Lipinski definition) is 5. The molecule has 1 aromatic carbocycles. The number of halogens is 1. The number of amides is 1. The summed E-state index contributed by atoms with van der Waals surface area (Å²) >= 11 is 3.29. The normalized spacial score (nSPS) is 11.1. The van der Waals surface area contributed by atoms with Crippen LogP contribution in [0, 0.1) is 0 Å². The highest BCUT2D eigenvalue weighted by Crippen LogP contribution is 2.36. The number of H-pyrrole nitrogens is 1. The van der Waals surface area contributed by atoms with Gasteiger partial charge in [0.15, 0.2) is 5.69 Å². The van der Waals surface area contributed by atoms with E-state index in [-0.39, 0.29) is 18.2 Å². The number of fused-ring (bicyclic) bond motifs is 1. The summed E-state index contributed by atoms with van der Waals surface area (Å²) in [6, 6.07) is 5.21. The number of nitrogens with one attached hydrogen (secondary N) is 1. The van der Waals surface area contributed by atoms with Crippen LogP contribution in [-0.4, -0.2) is 28.6 Å². The maximum atomic E-state index is 11.3. The van der Waals surface area contributed by atoms with E-state index in [1.807, 2.05) is 0 Å². The fourth-order valence-corrected chi connectivity index (χ4v) is 1.93. The molecule has 0 saturated heterocycles. The number of aromatic amines is 1. The lowest BCUT2D eigenvalue weighted by atomic mass is 10.2. The van der Waals surface area contributed by atoms with Crippen molar-refractivity contribution in [3.63, 3.8) is 0 Å². The van der Waals surface area contributed by atoms with Gasteiger partial charge in [-0.15, -0.1) is 5.11 Å². The first kappa shape index (κ1) is 14.2. The molecule has 0 atom stereocenters. The first-order valence-corrected chi connectivity index (χ1v) is 6.45. The molecule has 1 amide bonds. The van der Waals surface area contributed by atoms with E-state index in [0.717, 1.165) is 4.47 Å². The molecule has 2 aromatic rings. The number of ether oxygens (including phenoxy) is 1. The number of benzene rings is 1. The average Bonchev–Trinajstić information content (AvgIpc) is 2.71. The van der Waals surface area contributed by atoms with E-state index < -0.39 is 11.9 Å². The molecule has 8 heteroatoms. The Hall–Kier alpha value is -2.22. The minimum atomic E-state index is -1.13. The van der Waals surface area contributed by atoms with Gasteiger partial charge in [-0.25, -0.2) is 4.79 Å².